The normalized spacial score (nSPS) is 12.9. The summed E-state index contributed by atoms with van der Waals surface area (Å²) in [6, 6.07) is 6.15. The minimum absolute atomic E-state index is 0.0398. The molecule has 1 aromatic carbocycles. The van der Waals surface area contributed by atoms with Crippen molar-refractivity contribution in [3.63, 3.8) is 0 Å². The Balaban J connectivity index is 2.88. The van der Waals surface area contributed by atoms with Gasteiger partial charge in [-0.3, -0.25) is 0 Å². The molecule has 1 aromatic rings. The molecule has 0 spiro atoms. The molecule has 1 rings (SSSR count). The summed E-state index contributed by atoms with van der Waals surface area (Å²) >= 11 is 2.28. The zero-order valence-electron chi connectivity index (χ0n) is 7.63. The van der Waals surface area contributed by atoms with E-state index in [1.807, 2.05) is 12.1 Å². The van der Waals surface area contributed by atoms with Gasteiger partial charge < -0.3 is 10.8 Å². The maximum absolute atomic E-state index is 8.76. The van der Waals surface area contributed by atoms with Crippen LogP contribution in [0.5, 0.6) is 0 Å². The van der Waals surface area contributed by atoms with Gasteiger partial charge in [0.2, 0.25) is 0 Å². The monoisotopic (exact) mass is 291 g/mol. The number of halogens is 1. The van der Waals surface area contributed by atoms with E-state index in [1.165, 1.54) is 9.13 Å². The van der Waals surface area contributed by atoms with Crippen molar-refractivity contribution in [2.45, 2.75) is 19.4 Å². The quantitative estimate of drug-likeness (QED) is 0.837. The topological polar surface area (TPSA) is 46.2 Å². The zero-order valence-corrected chi connectivity index (χ0v) is 9.78. The fourth-order valence-corrected chi connectivity index (χ4v) is 2.00. The van der Waals surface area contributed by atoms with E-state index in [0.717, 1.165) is 5.56 Å². The van der Waals surface area contributed by atoms with Gasteiger partial charge in [0.15, 0.2) is 0 Å². The van der Waals surface area contributed by atoms with Crippen LogP contribution in [0.1, 0.15) is 23.6 Å². The number of aliphatic hydroxyl groups excluding tert-OH is 1. The van der Waals surface area contributed by atoms with E-state index in [9.17, 15) is 0 Å². The van der Waals surface area contributed by atoms with Gasteiger partial charge in [-0.15, -0.1) is 0 Å². The predicted octanol–water partition coefficient (Wildman–Crippen LogP) is 1.98. The maximum Gasteiger partial charge on any atom is 0.0449 e. The van der Waals surface area contributed by atoms with Crippen LogP contribution < -0.4 is 5.73 Å². The third-order valence-electron chi connectivity index (χ3n) is 2.07. The molecule has 0 bridgehead atoms. The number of rotatable bonds is 3. The van der Waals surface area contributed by atoms with Gasteiger partial charge >= 0.3 is 0 Å². The lowest BCUT2D eigenvalue weighted by Crippen LogP contribution is -2.13. The largest absolute Gasteiger partial charge is 0.396 e. The van der Waals surface area contributed by atoms with Crippen LogP contribution in [-0.2, 0) is 0 Å². The van der Waals surface area contributed by atoms with Crippen LogP contribution in [0.3, 0.4) is 0 Å². The number of aliphatic hydroxyl groups is 1. The fraction of sp³-hybridized carbons (Fsp3) is 0.400. The van der Waals surface area contributed by atoms with Gasteiger partial charge in [-0.2, -0.15) is 0 Å². The Hall–Kier alpha value is -0.130. The van der Waals surface area contributed by atoms with Gasteiger partial charge in [-0.05, 0) is 59.2 Å². The molecule has 3 N–H and O–H groups in total. The van der Waals surface area contributed by atoms with Gasteiger partial charge in [0.05, 0.1) is 0 Å². The standard InChI is InChI=1S/C10H14INO/c1-7-6-8(11)2-3-9(7)10(12)4-5-13/h2-3,6,10,13H,4-5,12H2,1H3. The molecule has 0 aromatic heterocycles. The summed E-state index contributed by atoms with van der Waals surface area (Å²) in [6.45, 7) is 2.20. The van der Waals surface area contributed by atoms with E-state index in [4.69, 9.17) is 10.8 Å². The van der Waals surface area contributed by atoms with E-state index >= 15 is 0 Å². The van der Waals surface area contributed by atoms with E-state index in [-0.39, 0.29) is 12.6 Å². The van der Waals surface area contributed by atoms with Gasteiger partial charge in [0, 0.05) is 16.2 Å². The van der Waals surface area contributed by atoms with Gasteiger partial charge in [-0.1, -0.05) is 6.07 Å². The van der Waals surface area contributed by atoms with Crippen molar-refractivity contribution in [2.75, 3.05) is 6.61 Å². The third kappa shape index (κ3) is 2.93. The van der Waals surface area contributed by atoms with Crippen molar-refractivity contribution in [3.05, 3.63) is 32.9 Å². The van der Waals surface area contributed by atoms with Gasteiger partial charge in [0.25, 0.3) is 0 Å². The Morgan fingerprint density at radius 2 is 2.23 bits per heavy atom. The van der Waals surface area contributed by atoms with Crippen molar-refractivity contribution < 1.29 is 5.11 Å². The lowest BCUT2D eigenvalue weighted by atomic mass is 10.0. The summed E-state index contributed by atoms with van der Waals surface area (Å²) in [5.41, 5.74) is 8.23. The van der Waals surface area contributed by atoms with Crippen molar-refractivity contribution in [1.82, 2.24) is 0 Å². The van der Waals surface area contributed by atoms with Crippen molar-refractivity contribution in [1.29, 1.82) is 0 Å². The highest BCUT2D eigenvalue weighted by molar-refractivity contribution is 14.1. The predicted molar refractivity (Wildman–Crippen MR) is 62.5 cm³/mol. The summed E-state index contributed by atoms with van der Waals surface area (Å²) in [4.78, 5) is 0. The van der Waals surface area contributed by atoms with Crippen molar-refractivity contribution in [3.8, 4) is 0 Å². The highest BCUT2D eigenvalue weighted by Crippen LogP contribution is 2.20. The molecule has 0 fully saturated rings. The van der Waals surface area contributed by atoms with E-state index in [2.05, 4.69) is 35.6 Å². The Kier molecular flexibility index (Phi) is 4.15. The minimum atomic E-state index is -0.0398. The molecule has 0 saturated carbocycles. The van der Waals surface area contributed by atoms with Crippen LogP contribution in [-0.4, -0.2) is 11.7 Å². The molecule has 0 saturated heterocycles. The first kappa shape index (κ1) is 10.9. The summed E-state index contributed by atoms with van der Waals surface area (Å²) in [7, 11) is 0. The smallest absolute Gasteiger partial charge is 0.0449 e. The molecule has 0 aliphatic carbocycles. The molecule has 3 heteroatoms. The van der Waals surface area contributed by atoms with E-state index in [0.29, 0.717) is 6.42 Å². The molecule has 13 heavy (non-hydrogen) atoms. The maximum atomic E-state index is 8.76. The van der Waals surface area contributed by atoms with Crippen LogP contribution in [0, 0.1) is 10.5 Å². The van der Waals surface area contributed by atoms with Crippen molar-refractivity contribution >= 4 is 22.6 Å². The number of aryl methyl sites for hydroxylation is 1. The molecule has 0 aliphatic rings. The lowest BCUT2D eigenvalue weighted by Gasteiger charge is -2.13. The van der Waals surface area contributed by atoms with E-state index < -0.39 is 0 Å². The second-order valence-corrected chi connectivity index (χ2v) is 4.37. The molecule has 72 valence electrons. The molecular formula is C10H14INO. The van der Waals surface area contributed by atoms with E-state index in [1.54, 1.807) is 0 Å². The summed E-state index contributed by atoms with van der Waals surface area (Å²) in [6.07, 6.45) is 0.626. The van der Waals surface area contributed by atoms with Crippen LogP contribution in [0.2, 0.25) is 0 Å². The van der Waals surface area contributed by atoms with Crippen LogP contribution in [0.4, 0.5) is 0 Å². The highest BCUT2D eigenvalue weighted by Gasteiger charge is 2.07. The summed E-state index contributed by atoms with van der Waals surface area (Å²) in [5, 5.41) is 8.76. The summed E-state index contributed by atoms with van der Waals surface area (Å²) in [5.74, 6) is 0. The first-order valence-electron chi connectivity index (χ1n) is 4.27. The molecule has 0 aliphatic heterocycles. The third-order valence-corrected chi connectivity index (χ3v) is 2.74. The Morgan fingerprint density at radius 1 is 1.54 bits per heavy atom. The second-order valence-electron chi connectivity index (χ2n) is 3.12. The number of nitrogens with two attached hydrogens (primary N) is 1. The van der Waals surface area contributed by atoms with Crippen LogP contribution in [0.15, 0.2) is 18.2 Å². The summed E-state index contributed by atoms with van der Waals surface area (Å²) < 4.78 is 1.22. The first-order valence-corrected chi connectivity index (χ1v) is 5.35. The molecule has 1 atom stereocenters. The van der Waals surface area contributed by atoms with Crippen molar-refractivity contribution in [2.24, 2.45) is 5.73 Å². The fourth-order valence-electron chi connectivity index (χ4n) is 1.35. The highest BCUT2D eigenvalue weighted by atomic mass is 127. The molecular weight excluding hydrogens is 277 g/mol. The minimum Gasteiger partial charge on any atom is -0.396 e. The number of benzene rings is 1. The second kappa shape index (κ2) is 4.93. The first-order chi connectivity index (χ1) is 6.15. The lowest BCUT2D eigenvalue weighted by molar-refractivity contribution is 0.276. The zero-order chi connectivity index (χ0) is 9.84. The molecule has 0 heterocycles. The number of hydrogen-bond donors (Lipinski definition) is 2. The Labute approximate surface area is 92.3 Å². The number of hydrogen-bond acceptors (Lipinski definition) is 2. The molecule has 2 nitrogen and oxygen atoms in total. The SMILES string of the molecule is Cc1cc(I)ccc1C(N)CCO. The Bertz CT molecular complexity index is 288. The van der Waals surface area contributed by atoms with Gasteiger partial charge in [-0.25, -0.2) is 0 Å². The van der Waals surface area contributed by atoms with Gasteiger partial charge in [0.1, 0.15) is 0 Å². The molecule has 0 radical (unpaired) electrons. The van der Waals surface area contributed by atoms with Crippen LogP contribution >= 0.6 is 22.6 Å². The molecule has 1 unspecified atom stereocenters. The molecule has 0 amide bonds. The Morgan fingerprint density at radius 3 is 2.77 bits per heavy atom. The average molecular weight is 291 g/mol. The average Bonchev–Trinajstić information content (AvgIpc) is 2.04. The van der Waals surface area contributed by atoms with Crippen LogP contribution in [0.25, 0.3) is 0 Å².